The summed E-state index contributed by atoms with van der Waals surface area (Å²) in [5, 5.41) is 13.0. The maximum absolute atomic E-state index is 14.1. The van der Waals surface area contributed by atoms with Gasteiger partial charge in [0.2, 0.25) is 5.88 Å². The molecule has 1 aliphatic rings. The fourth-order valence-electron chi connectivity index (χ4n) is 3.11. The zero-order valence-electron chi connectivity index (χ0n) is 18.3. The van der Waals surface area contributed by atoms with Crippen LogP contribution in [0, 0.1) is 16.0 Å². The van der Waals surface area contributed by atoms with E-state index in [2.05, 4.69) is 15.4 Å². The largest absolute Gasteiger partial charge is 0.475 e. The van der Waals surface area contributed by atoms with Crippen LogP contribution >= 0.6 is 0 Å². The van der Waals surface area contributed by atoms with E-state index in [0.717, 1.165) is 0 Å². The molecule has 2 rings (SSSR count). The zero-order valence-corrected chi connectivity index (χ0v) is 19.1. The third kappa shape index (κ3) is 5.95. The molecule has 2 atom stereocenters. The van der Waals surface area contributed by atoms with Gasteiger partial charge in [0.15, 0.2) is 9.92 Å². The van der Waals surface area contributed by atoms with Crippen LogP contribution < -0.4 is 15.4 Å². The number of hydrogen-bond acceptors (Lipinski definition) is 7. The number of allylic oxidation sites excluding steroid dienone is 1. The highest BCUT2D eigenvalue weighted by atomic mass is 32.2. The number of rotatable bonds is 7. The molecule has 1 heterocycles. The number of methoxy groups -OCH3 is 1. The Balaban J connectivity index is 2.30. The Kier molecular flexibility index (Phi) is 8.02. The summed E-state index contributed by atoms with van der Waals surface area (Å²) in [5.74, 6) is -0.599. The lowest BCUT2D eigenvalue weighted by molar-refractivity contribution is 0.00301. The molecular weight excluding hydrogens is 425 g/mol. The van der Waals surface area contributed by atoms with Crippen LogP contribution in [0.5, 0.6) is 0 Å². The number of halogens is 1. The number of anilines is 1. The predicted octanol–water partition coefficient (Wildman–Crippen LogP) is 3.61. The molecule has 1 aromatic rings. The first kappa shape index (κ1) is 24.6. The second-order valence-corrected chi connectivity index (χ2v) is 9.52. The molecule has 1 unspecified atom stereocenters. The fraction of sp³-hybridized carbons (Fsp3) is 0.500. The van der Waals surface area contributed by atoms with Crippen molar-refractivity contribution in [3.63, 3.8) is 0 Å². The van der Waals surface area contributed by atoms with Crippen molar-refractivity contribution < 1.29 is 22.9 Å². The van der Waals surface area contributed by atoms with E-state index in [1.807, 2.05) is 27.7 Å². The number of amides is 2. The van der Waals surface area contributed by atoms with Gasteiger partial charge >= 0.3 is 6.03 Å². The molecule has 31 heavy (non-hydrogen) atoms. The summed E-state index contributed by atoms with van der Waals surface area (Å²) in [5.41, 5.74) is 1.59. The van der Waals surface area contributed by atoms with E-state index in [-0.39, 0.29) is 35.3 Å². The number of urea groups is 1. The van der Waals surface area contributed by atoms with Gasteiger partial charge in [-0.25, -0.2) is 22.9 Å². The SMILES string of the molecule is CO[C@H]1CN/C(=C(\C=N)S(=N)(=O)NC(=O)Nc2c(C(C)C)cc(F)cc2C(C)C)OC1. The molecule has 1 aliphatic heterocycles. The van der Waals surface area contributed by atoms with Crippen LogP contribution in [0.2, 0.25) is 0 Å². The van der Waals surface area contributed by atoms with Crippen LogP contribution in [-0.2, 0) is 19.4 Å². The van der Waals surface area contributed by atoms with Crippen molar-refractivity contribution in [2.45, 2.75) is 45.6 Å². The van der Waals surface area contributed by atoms with Gasteiger partial charge in [-0.15, -0.1) is 0 Å². The first-order valence-electron chi connectivity index (χ1n) is 9.85. The van der Waals surface area contributed by atoms with Crippen LogP contribution in [0.25, 0.3) is 0 Å². The van der Waals surface area contributed by atoms with Crippen molar-refractivity contribution >= 4 is 27.8 Å². The minimum absolute atomic E-state index is 0.0175. The zero-order chi connectivity index (χ0) is 23.3. The Morgan fingerprint density at radius 1 is 1.32 bits per heavy atom. The van der Waals surface area contributed by atoms with Crippen molar-refractivity contribution in [1.82, 2.24) is 10.0 Å². The number of nitrogens with one attached hydrogen (secondary N) is 5. The van der Waals surface area contributed by atoms with Crippen molar-refractivity contribution in [2.75, 3.05) is 25.6 Å². The summed E-state index contributed by atoms with van der Waals surface area (Å²) in [7, 11) is -2.40. The smallest absolute Gasteiger partial charge is 0.331 e. The Bertz CT molecular complexity index is 937. The summed E-state index contributed by atoms with van der Waals surface area (Å²) < 4.78 is 47.9. The highest BCUT2D eigenvalue weighted by molar-refractivity contribution is 7.95. The standard InChI is InChI=1S/C20H30FN5O4S/c1-11(2)15-6-13(21)7-16(12(3)4)18(15)25-20(27)26-31(23,28)17(8-22)19-24-9-14(29-5)10-30-19/h6-8,11-12,14,22,24H,9-10H2,1-5H3,(H3,23,25,26,27,28)/b19-17-,22-8?/t14-,31?/m0/s1. The molecule has 11 heteroatoms. The lowest BCUT2D eigenvalue weighted by atomic mass is 9.92. The fourth-order valence-corrected chi connectivity index (χ4v) is 4.09. The van der Waals surface area contributed by atoms with Crippen LogP contribution in [0.3, 0.4) is 0 Å². The Labute approximate surface area is 182 Å². The van der Waals surface area contributed by atoms with Crippen LogP contribution in [0.15, 0.2) is 22.9 Å². The van der Waals surface area contributed by atoms with Gasteiger partial charge in [0, 0.05) is 25.6 Å². The van der Waals surface area contributed by atoms with Gasteiger partial charge in [0.25, 0.3) is 0 Å². The molecule has 1 aromatic carbocycles. The molecule has 172 valence electrons. The van der Waals surface area contributed by atoms with Gasteiger partial charge in [-0.3, -0.25) is 0 Å². The van der Waals surface area contributed by atoms with Gasteiger partial charge in [-0.2, -0.15) is 0 Å². The first-order chi connectivity index (χ1) is 14.5. The highest BCUT2D eigenvalue weighted by Gasteiger charge is 2.26. The summed E-state index contributed by atoms with van der Waals surface area (Å²) in [6, 6.07) is 1.79. The van der Waals surface area contributed by atoms with Crippen LogP contribution in [0.4, 0.5) is 14.9 Å². The number of hydrogen-bond donors (Lipinski definition) is 5. The second-order valence-electron chi connectivity index (χ2n) is 7.77. The number of carbonyl (C=O) groups is 1. The Morgan fingerprint density at radius 2 is 1.90 bits per heavy atom. The molecule has 1 saturated heterocycles. The van der Waals surface area contributed by atoms with Crippen molar-refractivity contribution in [2.24, 2.45) is 0 Å². The second kappa shape index (κ2) is 10.1. The van der Waals surface area contributed by atoms with E-state index in [4.69, 9.17) is 19.7 Å². The van der Waals surface area contributed by atoms with E-state index < -0.39 is 21.8 Å². The molecule has 0 aromatic heterocycles. The Morgan fingerprint density at radius 3 is 2.32 bits per heavy atom. The summed E-state index contributed by atoms with van der Waals surface area (Å²) in [4.78, 5) is 12.4. The van der Waals surface area contributed by atoms with Gasteiger partial charge < -0.3 is 25.5 Å². The van der Waals surface area contributed by atoms with E-state index in [0.29, 0.717) is 29.6 Å². The maximum atomic E-state index is 14.1. The van der Waals surface area contributed by atoms with E-state index in [1.54, 1.807) is 0 Å². The quantitative estimate of drug-likeness (QED) is 0.400. The van der Waals surface area contributed by atoms with Gasteiger partial charge in [0.05, 0.1) is 0 Å². The van der Waals surface area contributed by atoms with E-state index in [9.17, 15) is 13.4 Å². The summed E-state index contributed by atoms with van der Waals surface area (Å²) in [6.07, 6.45) is 0.485. The number of carbonyl (C=O) groups excluding carboxylic acids is 1. The summed E-state index contributed by atoms with van der Waals surface area (Å²) >= 11 is 0. The van der Waals surface area contributed by atoms with Crippen LogP contribution in [-0.4, -0.2) is 42.8 Å². The topological polar surface area (TPSA) is 136 Å². The molecule has 5 N–H and O–H groups in total. The minimum Gasteiger partial charge on any atom is -0.475 e. The summed E-state index contributed by atoms with van der Waals surface area (Å²) in [6.45, 7) is 7.97. The molecule has 2 amide bonds. The van der Waals surface area contributed by atoms with Crippen molar-refractivity contribution in [3.05, 3.63) is 39.9 Å². The van der Waals surface area contributed by atoms with Gasteiger partial charge in [-0.05, 0) is 35.1 Å². The first-order valence-corrected chi connectivity index (χ1v) is 11.4. The molecule has 0 aliphatic carbocycles. The Hall–Kier alpha value is -2.66. The number of benzene rings is 1. The van der Waals surface area contributed by atoms with Crippen LogP contribution in [0.1, 0.15) is 50.7 Å². The van der Waals surface area contributed by atoms with E-state index >= 15 is 0 Å². The lowest BCUT2D eigenvalue weighted by Gasteiger charge is -2.27. The minimum atomic E-state index is -3.92. The maximum Gasteiger partial charge on any atom is 0.331 e. The third-order valence-corrected chi connectivity index (χ3v) is 6.18. The average Bonchev–Trinajstić information content (AvgIpc) is 2.69. The molecule has 9 nitrogen and oxygen atoms in total. The predicted molar refractivity (Wildman–Crippen MR) is 118 cm³/mol. The third-order valence-electron chi connectivity index (χ3n) is 4.78. The molecular formula is C20H30FN5O4S. The molecule has 0 radical (unpaired) electrons. The monoisotopic (exact) mass is 455 g/mol. The van der Waals surface area contributed by atoms with Gasteiger partial charge in [0.1, 0.15) is 23.4 Å². The van der Waals surface area contributed by atoms with Crippen molar-refractivity contribution in [1.29, 1.82) is 10.2 Å². The molecule has 0 spiro atoms. The normalized spacial score (nSPS) is 19.8. The number of ether oxygens (including phenoxy) is 2. The molecule has 0 bridgehead atoms. The molecule has 0 saturated carbocycles. The van der Waals surface area contributed by atoms with Gasteiger partial charge in [-0.1, -0.05) is 27.7 Å². The highest BCUT2D eigenvalue weighted by Crippen LogP contribution is 2.33. The van der Waals surface area contributed by atoms with E-state index in [1.165, 1.54) is 19.2 Å². The molecule has 1 fully saturated rings. The average molecular weight is 456 g/mol. The van der Waals surface area contributed by atoms with Crippen molar-refractivity contribution in [3.8, 4) is 0 Å². The lowest BCUT2D eigenvalue weighted by Crippen LogP contribution is -2.42.